The van der Waals surface area contributed by atoms with Gasteiger partial charge in [0, 0.05) is 47.7 Å². The third kappa shape index (κ3) is 7.90. The van der Waals surface area contributed by atoms with Crippen LogP contribution in [0.3, 0.4) is 0 Å². The Morgan fingerprint density at radius 1 is 1.15 bits per heavy atom. The highest BCUT2D eigenvalue weighted by molar-refractivity contribution is 6.31. The van der Waals surface area contributed by atoms with E-state index in [4.69, 9.17) is 21.1 Å². The first kappa shape index (κ1) is 25.8. The predicted octanol–water partition coefficient (Wildman–Crippen LogP) is 6.11. The largest absolute Gasteiger partial charge is 0.493 e. The first-order valence-corrected chi connectivity index (χ1v) is 12.1. The monoisotopic (exact) mass is 487 g/mol. The molecular weight excluding hydrogens is 454 g/mol. The van der Waals surface area contributed by atoms with Crippen LogP contribution < -0.4 is 10.1 Å². The van der Waals surface area contributed by atoms with E-state index in [0.717, 1.165) is 31.4 Å². The van der Waals surface area contributed by atoms with E-state index in [9.17, 15) is 9.59 Å². The molecule has 0 unspecified atom stereocenters. The van der Waals surface area contributed by atoms with Crippen molar-refractivity contribution < 1.29 is 19.1 Å². The number of hydrogen-bond donors (Lipinski definition) is 1. The fraction of sp³-hybridized carbons (Fsp3) is 0.500. The number of amides is 2. The first-order valence-electron chi connectivity index (χ1n) is 11.8. The van der Waals surface area contributed by atoms with E-state index in [0.29, 0.717) is 35.1 Å². The minimum Gasteiger partial charge on any atom is -0.493 e. The summed E-state index contributed by atoms with van der Waals surface area (Å²) >= 11 is 6.28. The summed E-state index contributed by atoms with van der Waals surface area (Å²) in [5.74, 6) is 0.498. The van der Waals surface area contributed by atoms with Gasteiger partial charge in [-0.3, -0.25) is 15.1 Å². The molecule has 0 spiro atoms. The van der Waals surface area contributed by atoms with Crippen LogP contribution >= 0.6 is 11.6 Å². The molecule has 0 atom stereocenters. The van der Waals surface area contributed by atoms with Gasteiger partial charge >= 0.3 is 6.09 Å². The Kier molecular flexibility index (Phi) is 8.78. The van der Waals surface area contributed by atoms with Crippen LogP contribution in [0.15, 0.2) is 36.5 Å². The van der Waals surface area contributed by atoms with E-state index >= 15 is 0 Å². The van der Waals surface area contributed by atoms with Crippen LogP contribution in [0.25, 0.3) is 0 Å². The van der Waals surface area contributed by atoms with Crippen LogP contribution in [0.1, 0.15) is 68.9 Å². The lowest BCUT2D eigenvalue weighted by Crippen LogP contribution is -2.38. The second kappa shape index (κ2) is 11.6. The zero-order chi connectivity index (χ0) is 24.7. The number of nitrogens with zero attached hydrogens (tertiary/aromatic N) is 2. The maximum Gasteiger partial charge on any atom is 0.412 e. The van der Waals surface area contributed by atoms with Gasteiger partial charge in [-0.2, -0.15) is 0 Å². The molecule has 1 aromatic carbocycles. The lowest BCUT2D eigenvalue weighted by atomic mass is 9.94. The summed E-state index contributed by atoms with van der Waals surface area (Å²) in [6.45, 7) is 5.77. The third-order valence-corrected chi connectivity index (χ3v) is 5.87. The lowest BCUT2D eigenvalue weighted by Gasteiger charge is -2.31. The van der Waals surface area contributed by atoms with Gasteiger partial charge in [0.15, 0.2) is 0 Å². The van der Waals surface area contributed by atoms with E-state index in [-0.39, 0.29) is 11.9 Å². The summed E-state index contributed by atoms with van der Waals surface area (Å²) in [6, 6.07) is 8.88. The molecule has 1 saturated carbocycles. The summed E-state index contributed by atoms with van der Waals surface area (Å²) < 4.78 is 11.2. The molecule has 0 radical (unpaired) electrons. The SMILES string of the molecule is CN(C(=O)c1cc(Cl)cc(OCCc2cc(NC(=O)OC(C)(C)C)ccn2)c1)C1CCCCC1. The molecule has 0 aliphatic heterocycles. The number of anilines is 1. The Morgan fingerprint density at radius 3 is 2.59 bits per heavy atom. The van der Waals surface area contributed by atoms with Gasteiger partial charge in [-0.1, -0.05) is 30.9 Å². The maximum absolute atomic E-state index is 13.0. The minimum atomic E-state index is -0.573. The van der Waals surface area contributed by atoms with Gasteiger partial charge in [0.25, 0.3) is 5.91 Å². The van der Waals surface area contributed by atoms with Crippen LogP contribution in [0.4, 0.5) is 10.5 Å². The van der Waals surface area contributed by atoms with Crippen molar-refractivity contribution in [1.29, 1.82) is 0 Å². The standard InChI is InChI=1S/C26H34ClN3O4/c1-26(2,3)34-25(32)29-21-10-12-28-20(17-21)11-13-33-23-15-18(14-19(27)16-23)24(31)30(4)22-8-6-5-7-9-22/h10,12,14-17,22H,5-9,11,13H2,1-4H3,(H,28,29,32). The van der Waals surface area contributed by atoms with E-state index in [1.807, 2.05) is 32.7 Å². The molecule has 1 aliphatic rings. The number of hydrogen-bond acceptors (Lipinski definition) is 5. The second-order valence-electron chi connectivity index (χ2n) is 9.64. The molecule has 8 heteroatoms. The molecule has 1 N–H and O–H groups in total. The highest BCUT2D eigenvalue weighted by Crippen LogP contribution is 2.26. The molecule has 184 valence electrons. The average Bonchev–Trinajstić information content (AvgIpc) is 2.77. The molecule has 1 heterocycles. The van der Waals surface area contributed by atoms with Gasteiger partial charge < -0.3 is 14.4 Å². The Hall–Kier alpha value is -2.80. The number of nitrogens with one attached hydrogen (secondary N) is 1. The highest BCUT2D eigenvalue weighted by Gasteiger charge is 2.23. The fourth-order valence-corrected chi connectivity index (χ4v) is 4.22. The molecule has 1 aromatic heterocycles. The molecular formula is C26H34ClN3O4. The van der Waals surface area contributed by atoms with E-state index in [1.165, 1.54) is 6.42 Å². The van der Waals surface area contributed by atoms with Gasteiger partial charge in [0.1, 0.15) is 11.4 Å². The summed E-state index contributed by atoms with van der Waals surface area (Å²) in [5.41, 5.74) is 1.30. The fourth-order valence-electron chi connectivity index (χ4n) is 3.99. The Balaban J connectivity index is 1.57. The van der Waals surface area contributed by atoms with Crippen molar-refractivity contribution in [2.45, 2.75) is 70.9 Å². The Labute approximate surface area is 206 Å². The second-order valence-corrected chi connectivity index (χ2v) is 10.1. The van der Waals surface area contributed by atoms with Crippen LogP contribution in [-0.2, 0) is 11.2 Å². The molecule has 34 heavy (non-hydrogen) atoms. The molecule has 1 aliphatic carbocycles. The van der Waals surface area contributed by atoms with Crippen LogP contribution in [0, 0.1) is 0 Å². The average molecular weight is 488 g/mol. The van der Waals surface area contributed by atoms with E-state index in [1.54, 1.807) is 36.5 Å². The number of carbonyl (C=O) groups excluding carboxylic acids is 2. The topological polar surface area (TPSA) is 80.8 Å². The molecule has 3 rings (SSSR count). The van der Waals surface area contributed by atoms with Crippen LogP contribution in [-0.4, -0.2) is 47.2 Å². The van der Waals surface area contributed by atoms with Gasteiger partial charge in [-0.05, 0) is 63.9 Å². The summed E-state index contributed by atoms with van der Waals surface area (Å²) in [4.78, 5) is 31.2. The lowest BCUT2D eigenvalue weighted by molar-refractivity contribution is 0.0634. The number of aromatic nitrogens is 1. The third-order valence-electron chi connectivity index (χ3n) is 5.65. The van der Waals surface area contributed by atoms with Crippen molar-refractivity contribution in [3.05, 3.63) is 52.8 Å². The van der Waals surface area contributed by atoms with Gasteiger partial charge in [-0.15, -0.1) is 0 Å². The van der Waals surface area contributed by atoms with Crippen molar-refractivity contribution in [2.75, 3.05) is 19.0 Å². The normalized spacial score (nSPS) is 14.4. The van der Waals surface area contributed by atoms with Gasteiger partial charge in [0.05, 0.1) is 6.61 Å². The van der Waals surface area contributed by atoms with Crippen molar-refractivity contribution in [2.24, 2.45) is 0 Å². The smallest absolute Gasteiger partial charge is 0.412 e. The molecule has 7 nitrogen and oxygen atoms in total. The molecule has 2 aromatic rings. The maximum atomic E-state index is 13.0. The summed E-state index contributed by atoms with van der Waals surface area (Å²) in [7, 11) is 1.86. The Morgan fingerprint density at radius 2 is 1.88 bits per heavy atom. The number of pyridine rings is 1. The predicted molar refractivity (Wildman–Crippen MR) is 134 cm³/mol. The van der Waals surface area contributed by atoms with Gasteiger partial charge in [0.2, 0.25) is 0 Å². The zero-order valence-electron chi connectivity index (χ0n) is 20.4. The molecule has 0 bridgehead atoms. The summed E-state index contributed by atoms with van der Waals surface area (Å²) in [6.07, 6.45) is 7.27. The van der Waals surface area contributed by atoms with Crippen molar-refractivity contribution in [3.8, 4) is 5.75 Å². The van der Waals surface area contributed by atoms with E-state index in [2.05, 4.69) is 10.3 Å². The Bertz CT molecular complexity index is 1000. The first-order chi connectivity index (χ1) is 16.1. The van der Waals surface area contributed by atoms with Crippen molar-refractivity contribution >= 4 is 29.3 Å². The van der Waals surface area contributed by atoms with E-state index < -0.39 is 11.7 Å². The molecule has 1 fully saturated rings. The number of benzene rings is 1. The number of rotatable bonds is 7. The number of halogens is 1. The van der Waals surface area contributed by atoms with Crippen molar-refractivity contribution in [1.82, 2.24) is 9.88 Å². The van der Waals surface area contributed by atoms with Gasteiger partial charge in [-0.25, -0.2) is 4.79 Å². The number of ether oxygens (including phenoxy) is 2. The summed E-state index contributed by atoms with van der Waals surface area (Å²) in [5, 5.41) is 3.17. The van der Waals surface area contributed by atoms with Crippen LogP contribution in [0.5, 0.6) is 5.75 Å². The molecule has 0 saturated heterocycles. The quantitative estimate of drug-likeness (QED) is 0.509. The zero-order valence-corrected chi connectivity index (χ0v) is 21.2. The highest BCUT2D eigenvalue weighted by atomic mass is 35.5. The van der Waals surface area contributed by atoms with Crippen LogP contribution in [0.2, 0.25) is 5.02 Å². The van der Waals surface area contributed by atoms with Crippen molar-refractivity contribution in [3.63, 3.8) is 0 Å². The number of carbonyl (C=O) groups is 2. The molecule has 2 amide bonds. The minimum absolute atomic E-state index is 0.0400.